The minimum absolute atomic E-state index is 0.00121. The van der Waals surface area contributed by atoms with Crippen molar-refractivity contribution in [3.05, 3.63) is 77.9 Å². The molecular weight excluding hydrogens is 773 g/mol. The van der Waals surface area contributed by atoms with Crippen LogP contribution in [0.3, 0.4) is 0 Å². The van der Waals surface area contributed by atoms with Gasteiger partial charge >= 0.3 is 0 Å². The van der Waals surface area contributed by atoms with Gasteiger partial charge in [0, 0.05) is 48.7 Å². The first-order chi connectivity index (χ1) is 27.2. The highest BCUT2D eigenvalue weighted by molar-refractivity contribution is 8.77. The zero-order valence-corrected chi connectivity index (χ0v) is 33.6. The molecule has 18 heteroatoms. The number of rotatable bonds is 9. The lowest BCUT2D eigenvalue weighted by Crippen LogP contribution is -2.60. The minimum Gasteiger partial charge on any atom is -0.508 e. The molecule has 0 saturated carbocycles. The van der Waals surface area contributed by atoms with Crippen LogP contribution in [-0.2, 0) is 48.0 Å². The highest BCUT2D eigenvalue weighted by atomic mass is 33.1. The molecule has 1 aromatic heterocycles. The molecule has 3 heterocycles. The lowest BCUT2D eigenvalue weighted by atomic mass is 10.00. The molecule has 2 aliphatic rings. The van der Waals surface area contributed by atoms with Crippen LogP contribution in [0.4, 0.5) is 0 Å². The van der Waals surface area contributed by atoms with Gasteiger partial charge in [0.15, 0.2) is 5.78 Å². The minimum atomic E-state index is -1.29. The van der Waals surface area contributed by atoms with Crippen LogP contribution in [0, 0.1) is 5.92 Å². The molecule has 0 radical (unpaired) electrons. The zero-order chi connectivity index (χ0) is 41.1. The van der Waals surface area contributed by atoms with Gasteiger partial charge < -0.3 is 47.1 Å². The Morgan fingerprint density at radius 2 is 1.25 bits per heavy atom. The number of amides is 5. The van der Waals surface area contributed by atoms with Gasteiger partial charge in [0.05, 0.1) is 18.4 Å². The van der Waals surface area contributed by atoms with Crippen LogP contribution in [0.25, 0.3) is 0 Å². The van der Waals surface area contributed by atoms with E-state index in [1.807, 2.05) is 13.8 Å². The molecule has 0 spiro atoms. The fraction of sp³-hybridized carbons (Fsp3) is 0.462. The maximum atomic E-state index is 14.3. The number of benzene rings is 2. The van der Waals surface area contributed by atoms with E-state index in [9.17, 15) is 39.0 Å². The molecule has 0 aliphatic carbocycles. The monoisotopic (exact) mass is 822 g/mol. The van der Waals surface area contributed by atoms with E-state index in [1.165, 1.54) is 65.3 Å². The molecule has 306 valence electrons. The van der Waals surface area contributed by atoms with E-state index in [0.717, 1.165) is 0 Å². The average Bonchev–Trinajstić information content (AvgIpc) is 3.87. The lowest BCUT2D eigenvalue weighted by Gasteiger charge is -2.28. The van der Waals surface area contributed by atoms with Gasteiger partial charge in [-0.3, -0.25) is 28.8 Å². The highest BCUT2D eigenvalue weighted by Gasteiger charge is 2.36. The average molecular weight is 823 g/mol. The third-order valence-corrected chi connectivity index (χ3v) is 12.5. The normalized spacial score (nSPS) is 25.7. The van der Waals surface area contributed by atoms with Gasteiger partial charge in [0.25, 0.3) is 0 Å². The molecule has 2 unspecified atom stereocenters. The van der Waals surface area contributed by atoms with E-state index in [0.29, 0.717) is 29.8 Å². The number of phenols is 2. The van der Waals surface area contributed by atoms with E-state index in [2.05, 4.69) is 41.9 Å². The number of hydrogen-bond acceptors (Lipinski definition) is 12. The number of fused-ring (bicyclic) bond motifs is 2. The van der Waals surface area contributed by atoms with Crippen LogP contribution < -0.4 is 31.9 Å². The van der Waals surface area contributed by atoms with Gasteiger partial charge in [-0.15, -0.1) is 0 Å². The first kappa shape index (κ1) is 43.1. The Kier molecular flexibility index (Phi) is 15.4. The number of carbonyl (C=O) groups is 6. The molecule has 5 amide bonds. The predicted octanol–water partition coefficient (Wildman–Crippen LogP) is 1.03. The number of nitrogens with zero attached hydrogens (tertiary/aromatic N) is 1. The molecule has 5 rings (SSSR count). The summed E-state index contributed by atoms with van der Waals surface area (Å²) in [6, 6.07) is 6.05. The summed E-state index contributed by atoms with van der Waals surface area (Å²) in [5.74, 6) is -3.07. The number of H-pyrrole nitrogens is 1. The Hall–Kier alpha value is -5.07. The van der Waals surface area contributed by atoms with Crippen molar-refractivity contribution in [2.45, 2.75) is 94.4 Å². The van der Waals surface area contributed by atoms with Crippen molar-refractivity contribution in [1.29, 1.82) is 0 Å². The molecular formula is C39H50N8O8S2. The van der Waals surface area contributed by atoms with Gasteiger partial charge in [0.2, 0.25) is 29.5 Å². The Morgan fingerprint density at radius 3 is 1.75 bits per heavy atom. The molecule has 2 saturated heterocycles. The summed E-state index contributed by atoms with van der Waals surface area (Å²) in [4.78, 5) is 89.8. The van der Waals surface area contributed by atoms with Crippen molar-refractivity contribution >= 4 is 56.9 Å². The second kappa shape index (κ2) is 20.4. The highest BCUT2D eigenvalue weighted by Crippen LogP contribution is 2.32. The second-order valence-electron chi connectivity index (χ2n) is 14.8. The molecule has 2 bridgehead atoms. The summed E-state index contributed by atoms with van der Waals surface area (Å²) in [5, 5.41) is 37.0. The van der Waals surface area contributed by atoms with Crippen molar-refractivity contribution in [3.8, 4) is 11.5 Å². The van der Waals surface area contributed by atoms with Crippen molar-refractivity contribution < 1.29 is 39.0 Å². The zero-order valence-electron chi connectivity index (χ0n) is 31.9. The first-order valence-electron chi connectivity index (χ1n) is 18.8. The molecule has 9 N–H and O–H groups in total. The number of imidazole rings is 1. The number of phenolic OH excluding ortho intramolecular Hbond substituents is 2. The molecule has 2 aromatic carbocycles. The summed E-state index contributed by atoms with van der Waals surface area (Å²) in [5.41, 5.74) is 1.70. The topological polar surface area (TPSA) is 244 Å². The predicted molar refractivity (Wildman–Crippen MR) is 216 cm³/mol. The fourth-order valence-electron chi connectivity index (χ4n) is 6.48. The summed E-state index contributed by atoms with van der Waals surface area (Å²) in [6.45, 7) is 5.71. The molecule has 57 heavy (non-hydrogen) atoms. The number of nitrogens with one attached hydrogen (secondary N) is 7. The molecule has 16 nitrogen and oxygen atoms in total. The van der Waals surface area contributed by atoms with Gasteiger partial charge in [-0.25, -0.2) is 4.98 Å². The van der Waals surface area contributed by atoms with Crippen molar-refractivity contribution in [2.24, 2.45) is 5.92 Å². The van der Waals surface area contributed by atoms with Crippen LogP contribution in [0.15, 0.2) is 61.1 Å². The summed E-state index contributed by atoms with van der Waals surface area (Å²) >= 11 is 0. The number of aromatic amines is 1. The van der Waals surface area contributed by atoms with Gasteiger partial charge in [-0.1, -0.05) is 59.7 Å². The number of aromatic nitrogens is 2. The maximum absolute atomic E-state index is 14.3. The Morgan fingerprint density at radius 1 is 0.737 bits per heavy atom. The molecule has 3 aromatic rings. The SMILES string of the molecule is CC(=O)[C@@H]1CSSC2CNC(C2)C(=O)N[C@@H](CC(C)C)C(=O)N[C@@H](Cc2ccc(O)cc2)C(=O)N[C@@H](Cc2cnc[nH]2)C(=O)N[C@@H](Cc2ccc(O)cc2)C(=O)N1. The summed E-state index contributed by atoms with van der Waals surface area (Å²) in [7, 11) is 2.87. The largest absolute Gasteiger partial charge is 0.508 e. The van der Waals surface area contributed by atoms with E-state index < -0.39 is 59.9 Å². The van der Waals surface area contributed by atoms with Crippen molar-refractivity contribution in [1.82, 2.24) is 41.9 Å². The standard InChI is InChI=1S/C39H50N8O8S2/c1-21(2)12-30-36(52)44-31(13-23-4-8-26(49)9-5-23)37(53)46-33(15-25-17-40-20-42-25)39(55)45-32(14-24-6-10-27(50)11-7-24)38(54)47-34(22(3)48)19-56-57-28-16-29(41-18-28)35(51)43-30/h4-11,17,20-21,28-34,41,49-50H,12-16,18-19H2,1-3H3,(H,40,42)(H,43,51)(H,44,52)(H,45,55)(H,46,53)(H,47,54)/t28?,29?,30-,31-,32-,33-,34-/m0/s1. The quantitative estimate of drug-likeness (QED) is 0.138. The van der Waals surface area contributed by atoms with E-state index in [4.69, 9.17) is 0 Å². The first-order valence-corrected chi connectivity index (χ1v) is 21.2. The van der Waals surface area contributed by atoms with Crippen LogP contribution in [0.5, 0.6) is 11.5 Å². The van der Waals surface area contributed by atoms with E-state index in [-0.39, 0.29) is 65.8 Å². The molecule has 2 aliphatic heterocycles. The fourth-order valence-corrected chi connectivity index (χ4v) is 9.31. The van der Waals surface area contributed by atoms with E-state index >= 15 is 0 Å². The number of ketones is 1. The second-order valence-corrected chi connectivity index (χ2v) is 17.5. The van der Waals surface area contributed by atoms with E-state index in [1.54, 1.807) is 24.3 Å². The third-order valence-electron chi connectivity index (χ3n) is 9.62. The van der Waals surface area contributed by atoms with Crippen molar-refractivity contribution in [2.75, 3.05) is 12.3 Å². The Labute approximate surface area is 338 Å². The van der Waals surface area contributed by atoms with Crippen LogP contribution >= 0.6 is 21.6 Å². The number of hydrogen-bond donors (Lipinski definition) is 9. The number of aromatic hydroxyl groups is 2. The summed E-state index contributed by atoms with van der Waals surface area (Å²) < 4.78 is 0. The maximum Gasteiger partial charge on any atom is 0.243 e. The number of carbonyl (C=O) groups excluding carboxylic acids is 6. The van der Waals surface area contributed by atoms with Gasteiger partial charge in [-0.05, 0) is 61.1 Å². The van der Waals surface area contributed by atoms with Gasteiger partial charge in [0.1, 0.15) is 35.7 Å². The van der Waals surface area contributed by atoms with Crippen LogP contribution in [-0.4, -0.2) is 109 Å². The number of Topliss-reactive ketones (excluding diaryl/α,β-unsaturated/α-hetero) is 1. The lowest BCUT2D eigenvalue weighted by molar-refractivity contribution is -0.135. The third kappa shape index (κ3) is 13.0. The smallest absolute Gasteiger partial charge is 0.243 e. The van der Waals surface area contributed by atoms with Gasteiger partial charge in [-0.2, -0.15) is 0 Å². The van der Waals surface area contributed by atoms with Crippen LogP contribution in [0.2, 0.25) is 0 Å². The Bertz CT molecular complexity index is 1860. The molecule has 7 atom stereocenters. The van der Waals surface area contributed by atoms with Crippen molar-refractivity contribution in [3.63, 3.8) is 0 Å². The molecule has 2 fully saturated rings. The Balaban J connectivity index is 1.51. The van der Waals surface area contributed by atoms with Crippen LogP contribution in [0.1, 0.15) is 50.4 Å². The summed E-state index contributed by atoms with van der Waals surface area (Å²) in [6.07, 6.45) is 3.54.